The lowest BCUT2D eigenvalue weighted by Crippen LogP contribution is -2.19. The molecule has 19 heavy (non-hydrogen) atoms. The summed E-state index contributed by atoms with van der Waals surface area (Å²) in [6.07, 6.45) is 1.56. The van der Waals surface area contributed by atoms with E-state index in [4.69, 9.17) is 4.74 Å². The molecule has 0 radical (unpaired) electrons. The molecular formula is C11H13N3O4S. The highest BCUT2D eigenvalue weighted by Gasteiger charge is 2.25. The van der Waals surface area contributed by atoms with Crippen LogP contribution in [0.25, 0.3) is 5.52 Å². The Balaban J connectivity index is 2.72. The molecule has 2 heterocycles. The van der Waals surface area contributed by atoms with Crippen LogP contribution >= 0.6 is 0 Å². The van der Waals surface area contributed by atoms with E-state index in [2.05, 4.69) is 9.71 Å². The monoisotopic (exact) mass is 283 g/mol. The summed E-state index contributed by atoms with van der Waals surface area (Å²) in [6.45, 7) is 1.85. The summed E-state index contributed by atoms with van der Waals surface area (Å²) in [6, 6.07) is 4.91. The number of esters is 1. The first-order valence-electron chi connectivity index (χ1n) is 5.59. The average molecular weight is 283 g/mol. The summed E-state index contributed by atoms with van der Waals surface area (Å²) >= 11 is 0. The van der Waals surface area contributed by atoms with E-state index in [0.717, 1.165) is 0 Å². The van der Waals surface area contributed by atoms with Crippen LogP contribution in [0, 0.1) is 0 Å². The summed E-state index contributed by atoms with van der Waals surface area (Å²) in [5, 5.41) is -0.196. The number of ether oxygens (including phenoxy) is 1. The molecule has 0 aliphatic rings. The molecule has 102 valence electrons. The van der Waals surface area contributed by atoms with Crippen molar-refractivity contribution < 1.29 is 17.9 Å². The van der Waals surface area contributed by atoms with Gasteiger partial charge in [-0.3, -0.25) is 4.40 Å². The Kier molecular flexibility index (Phi) is 3.54. The molecule has 0 aliphatic carbocycles. The molecule has 0 saturated carbocycles. The van der Waals surface area contributed by atoms with Gasteiger partial charge in [0.05, 0.1) is 12.1 Å². The molecule has 2 aromatic rings. The standard InChI is InChI=1S/C11H13N3O4S/c1-3-18-11(15)9-13-10(19(16,17)12-2)8-6-4-5-7-14(8)9/h4-7,12H,3H2,1-2H3. The van der Waals surface area contributed by atoms with Gasteiger partial charge < -0.3 is 4.74 Å². The molecule has 2 rings (SSSR count). The van der Waals surface area contributed by atoms with Gasteiger partial charge in [-0.1, -0.05) is 6.07 Å². The molecule has 7 nitrogen and oxygen atoms in total. The molecule has 8 heteroatoms. The maximum Gasteiger partial charge on any atom is 0.374 e. The highest BCUT2D eigenvalue weighted by molar-refractivity contribution is 7.89. The van der Waals surface area contributed by atoms with Gasteiger partial charge in [0.2, 0.25) is 5.82 Å². The zero-order valence-electron chi connectivity index (χ0n) is 10.5. The van der Waals surface area contributed by atoms with Gasteiger partial charge in [-0.2, -0.15) is 0 Å². The van der Waals surface area contributed by atoms with Gasteiger partial charge in [0.1, 0.15) is 0 Å². The van der Waals surface area contributed by atoms with Gasteiger partial charge in [-0.15, -0.1) is 0 Å². The Hall–Kier alpha value is -1.93. The van der Waals surface area contributed by atoms with Gasteiger partial charge in [0, 0.05) is 6.20 Å². The number of carbonyl (C=O) groups excluding carboxylic acids is 1. The zero-order valence-corrected chi connectivity index (χ0v) is 11.3. The van der Waals surface area contributed by atoms with E-state index in [0.29, 0.717) is 5.52 Å². The number of fused-ring (bicyclic) bond motifs is 1. The maximum absolute atomic E-state index is 11.9. The molecule has 0 saturated heterocycles. The highest BCUT2D eigenvalue weighted by Crippen LogP contribution is 2.18. The third-order valence-electron chi connectivity index (χ3n) is 2.50. The minimum atomic E-state index is -3.74. The number of hydrogen-bond donors (Lipinski definition) is 1. The van der Waals surface area contributed by atoms with Gasteiger partial charge in [0.25, 0.3) is 10.0 Å². The van der Waals surface area contributed by atoms with Crippen molar-refractivity contribution in [2.24, 2.45) is 0 Å². The first-order valence-corrected chi connectivity index (χ1v) is 7.07. The van der Waals surface area contributed by atoms with Crippen LogP contribution in [-0.4, -0.2) is 37.4 Å². The van der Waals surface area contributed by atoms with Gasteiger partial charge in [0.15, 0.2) is 5.03 Å². The average Bonchev–Trinajstić information content (AvgIpc) is 2.79. The van der Waals surface area contributed by atoms with E-state index in [1.165, 1.54) is 11.4 Å². The summed E-state index contributed by atoms with van der Waals surface area (Å²) in [7, 11) is -2.46. The Labute approximate surface area is 110 Å². The quantitative estimate of drug-likeness (QED) is 0.821. The largest absolute Gasteiger partial charge is 0.460 e. The smallest absolute Gasteiger partial charge is 0.374 e. The van der Waals surface area contributed by atoms with Crippen LogP contribution in [0.4, 0.5) is 0 Å². The number of aromatic nitrogens is 2. The second kappa shape index (κ2) is 4.98. The van der Waals surface area contributed by atoms with Crippen LogP contribution in [0.3, 0.4) is 0 Å². The molecule has 0 spiro atoms. The van der Waals surface area contributed by atoms with Crippen molar-refractivity contribution in [2.75, 3.05) is 13.7 Å². The SMILES string of the molecule is CCOC(=O)c1nc(S(=O)(=O)NC)c2ccccn12. The van der Waals surface area contributed by atoms with Crippen LogP contribution < -0.4 is 4.72 Å². The Bertz CT molecular complexity index is 721. The first-order chi connectivity index (χ1) is 9.01. The predicted octanol–water partition coefficient (Wildman–Crippen LogP) is 0.419. The number of rotatable bonds is 4. The van der Waals surface area contributed by atoms with Crippen LogP contribution in [-0.2, 0) is 14.8 Å². The van der Waals surface area contributed by atoms with Gasteiger partial charge in [-0.05, 0) is 26.1 Å². The Morgan fingerprint density at radius 1 is 1.47 bits per heavy atom. The number of nitrogens with one attached hydrogen (secondary N) is 1. The Morgan fingerprint density at radius 3 is 2.84 bits per heavy atom. The predicted molar refractivity (Wildman–Crippen MR) is 67.4 cm³/mol. The highest BCUT2D eigenvalue weighted by atomic mass is 32.2. The molecule has 0 aliphatic heterocycles. The molecule has 0 bridgehead atoms. The summed E-state index contributed by atoms with van der Waals surface area (Å²) < 4.78 is 32.2. The van der Waals surface area contributed by atoms with E-state index < -0.39 is 16.0 Å². The fourth-order valence-electron chi connectivity index (χ4n) is 1.64. The van der Waals surface area contributed by atoms with Gasteiger partial charge in [-0.25, -0.2) is 22.9 Å². The van der Waals surface area contributed by atoms with Crippen LogP contribution in [0.15, 0.2) is 29.4 Å². The summed E-state index contributed by atoms with van der Waals surface area (Å²) in [5.74, 6) is -0.729. The van der Waals surface area contributed by atoms with Crippen molar-refractivity contribution in [3.05, 3.63) is 30.2 Å². The van der Waals surface area contributed by atoms with E-state index in [-0.39, 0.29) is 17.5 Å². The number of hydrogen-bond acceptors (Lipinski definition) is 5. The lowest BCUT2D eigenvalue weighted by atomic mass is 10.4. The van der Waals surface area contributed by atoms with Crippen molar-refractivity contribution in [1.29, 1.82) is 0 Å². The fraction of sp³-hybridized carbons (Fsp3) is 0.273. The summed E-state index contributed by atoms with van der Waals surface area (Å²) in [4.78, 5) is 15.7. The Morgan fingerprint density at radius 2 is 2.21 bits per heavy atom. The van der Waals surface area contributed by atoms with E-state index in [1.807, 2.05) is 0 Å². The minimum Gasteiger partial charge on any atom is -0.460 e. The van der Waals surface area contributed by atoms with Crippen molar-refractivity contribution >= 4 is 21.5 Å². The molecule has 0 fully saturated rings. The van der Waals surface area contributed by atoms with Gasteiger partial charge >= 0.3 is 5.97 Å². The summed E-state index contributed by atoms with van der Waals surface area (Å²) in [5.41, 5.74) is 0.319. The number of imidazole rings is 1. The molecule has 0 unspecified atom stereocenters. The second-order valence-electron chi connectivity index (χ2n) is 3.62. The van der Waals surface area contributed by atoms with Crippen LogP contribution in [0.1, 0.15) is 17.5 Å². The minimum absolute atomic E-state index is 0.0636. The molecule has 0 aromatic carbocycles. The number of sulfonamides is 1. The number of nitrogens with zero attached hydrogens (tertiary/aromatic N) is 2. The first kappa shape index (κ1) is 13.5. The number of carbonyl (C=O) groups is 1. The van der Waals surface area contributed by atoms with Crippen molar-refractivity contribution in [3.8, 4) is 0 Å². The molecule has 0 amide bonds. The zero-order chi connectivity index (χ0) is 14.0. The van der Waals surface area contributed by atoms with E-state index >= 15 is 0 Å². The third kappa shape index (κ3) is 2.32. The molecular weight excluding hydrogens is 270 g/mol. The van der Waals surface area contributed by atoms with Crippen molar-refractivity contribution in [3.63, 3.8) is 0 Å². The fourth-order valence-corrected chi connectivity index (χ4v) is 2.49. The molecule has 0 atom stereocenters. The van der Waals surface area contributed by atoms with Crippen LogP contribution in [0.5, 0.6) is 0 Å². The molecule has 2 aromatic heterocycles. The van der Waals surface area contributed by atoms with Crippen molar-refractivity contribution in [1.82, 2.24) is 14.1 Å². The van der Waals surface area contributed by atoms with E-state index in [1.54, 1.807) is 31.3 Å². The topological polar surface area (TPSA) is 89.8 Å². The lowest BCUT2D eigenvalue weighted by molar-refractivity contribution is 0.0511. The normalized spacial score (nSPS) is 11.7. The van der Waals surface area contributed by atoms with Crippen LogP contribution in [0.2, 0.25) is 0 Å². The third-order valence-corrected chi connectivity index (χ3v) is 3.84. The van der Waals surface area contributed by atoms with E-state index in [9.17, 15) is 13.2 Å². The second-order valence-corrected chi connectivity index (χ2v) is 5.43. The lowest BCUT2D eigenvalue weighted by Gasteiger charge is -2.00. The molecule has 1 N–H and O–H groups in total. The maximum atomic E-state index is 11.9. The number of pyridine rings is 1. The van der Waals surface area contributed by atoms with Crippen molar-refractivity contribution in [2.45, 2.75) is 11.9 Å².